The molecule has 0 spiro atoms. The van der Waals surface area contributed by atoms with Crippen molar-refractivity contribution in [3.05, 3.63) is 65.0 Å². The van der Waals surface area contributed by atoms with Gasteiger partial charge in [-0.1, -0.05) is 38.1 Å². The molecule has 1 aliphatic heterocycles. The van der Waals surface area contributed by atoms with E-state index in [1.54, 1.807) is 6.07 Å². The molecule has 3 N–H and O–H groups in total. The molecule has 0 aromatic heterocycles. The molecule has 7 nitrogen and oxygen atoms in total. The molecule has 1 aliphatic rings. The summed E-state index contributed by atoms with van der Waals surface area (Å²) in [5.74, 6) is 1.62. The highest BCUT2D eigenvalue weighted by atomic mass is 19.1. The summed E-state index contributed by atoms with van der Waals surface area (Å²) in [6.45, 7) is 6.53. The molecule has 228 valence electrons. The predicted octanol–water partition coefficient (Wildman–Crippen LogP) is 4.40. The minimum Gasteiger partial charge on any atom is -0.493 e. The largest absolute Gasteiger partial charge is 0.493 e. The average Bonchev–Trinajstić information content (AvgIpc) is 2.97. The Hall–Kier alpha value is -3.41. The average molecular weight is 580 g/mol. The zero-order chi connectivity index (χ0) is 30.3. The zero-order valence-corrected chi connectivity index (χ0v) is 25.0. The van der Waals surface area contributed by atoms with Crippen LogP contribution < -0.4 is 15.4 Å². The molecule has 0 aliphatic carbocycles. The first-order valence-corrected chi connectivity index (χ1v) is 15.2. The minimum atomic E-state index is -0.966. The van der Waals surface area contributed by atoms with Gasteiger partial charge in [-0.15, -0.1) is 12.3 Å². The number of halogens is 1. The Labute approximate surface area is 250 Å². The van der Waals surface area contributed by atoms with Gasteiger partial charge in [-0.25, -0.2) is 4.39 Å². The van der Waals surface area contributed by atoms with E-state index in [0.29, 0.717) is 50.4 Å². The number of aliphatic hydroxyl groups is 1. The lowest BCUT2D eigenvalue weighted by Crippen LogP contribution is -2.50. The maximum Gasteiger partial charge on any atom is 0.224 e. The van der Waals surface area contributed by atoms with E-state index < -0.39 is 23.9 Å². The highest BCUT2D eigenvalue weighted by Crippen LogP contribution is 2.21. The summed E-state index contributed by atoms with van der Waals surface area (Å²) in [5.41, 5.74) is 2.93. The molecule has 2 bridgehead atoms. The smallest absolute Gasteiger partial charge is 0.224 e. The van der Waals surface area contributed by atoms with Gasteiger partial charge < -0.3 is 25.4 Å². The Morgan fingerprint density at radius 2 is 2.00 bits per heavy atom. The first-order chi connectivity index (χ1) is 20.3. The molecule has 0 radical (unpaired) electrons. The van der Waals surface area contributed by atoms with E-state index in [4.69, 9.17) is 11.2 Å². The second-order valence-electron chi connectivity index (χ2n) is 11.1. The number of aryl methyl sites for hydroxylation is 1. The van der Waals surface area contributed by atoms with E-state index in [0.717, 1.165) is 24.8 Å². The van der Waals surface area contributed by atoms with E-state index in [2.05, 4.69) is 35.6 Å². The highest BCUT2D eigenvalue weighted by molar-refractivity contribution is 5.81. The maximum atomic E-state index is 14.6. The third kappa shape index (κ3) is 10.8. The zero-order valence-electron chi connectivity index (χ0n) is 25.0. The van der Waals surface area contributed by atoms with Crippen molar-refractivity contribution in [1.82, 2.24) is 15.5 Å². The Bertz CT molecular complexity index is 1200. The van der Waals surface area contributed by atoms with Gasteiger partial charge in [0.2, 0.25) is 11.8 Å². The SMILES string of the molecule is C#CCC1CCC(=O)N(CCC)CCCCOc2cc(F)cc(c2)CC(C(O)CNCc2cccc(CC)c2)NC1=O. The lowest BCUT2D eigenvalue weighted by molar-refractivity contribution is -0.132. The molecule has 0 saturated heterocycles. The van der Waals surface area contributed by atoms with Crippen molar-refractivity contribution in [1.29, 1.82) is 0 Å². The molecule has 3 unspecified atom stereocenters. The van der Waals surface area contributed by atoms with Crippen LogP contribution in [0.1, 0.15) is 69.1 Å². The number of terminal acetylenes is 1. The van der Waals surface area contributed by atoms with E-state index in [9.17, 15) is 19.1 Å². The van der Waals surface area contributed by atoms with Crippen molar-refractivity contribution in [3.8, 4) is 18.1 Å². The number of fused-ring (bicyclic) bond motifs is 2. The van der Waals surface area contributed by atoms with Gasteiger partial charge in [0, 0.05) is 51.0 Å². The summed E-state index contributed by atoms with van der Waals surface area (Å²) in [6.07, 6.45) is 8.78. The van der Waals surface area contributed by atoms with Crippen LogP contribution in [0.5, 0.6) is 5.75 Å². The first kappa shape index (κ1) is 33.1. The van der Waals surface area contributed by atoms with E-state index in [1.165, 1.54) is 17.7 Å². The molecule has 2 amide bonds. The van der Waals surface area contributed by atoms with Crippen LogP contribution in [-0.4, -0.2) is 60.2 Å². The van der Waals surface area contributed by atoms with Crippen molar-refractivity contribution >= 4 is 11.8 Å². The lowest BCUT2D eigenvalue weighted by Gasteiger charge is -2.27. The van der Waals surface area contributed by atoms with Crippen LogP contribution in [0.4, 0.5) is 4.39 Å². The van der Waals surface area contributed by atoms with Crippen molar-refractivity contribution in [2.45, 2.75) is 83.9 Å². The first-order valence-electron chi connectivity index (χ1n) is 15.2. The third-order valence-electron chi connectivity index (χ3n) is 7.64. The molecule has 42 heavy (non-hydrogen) atoms. The Morgan fingerprint density at radius 1 is 1.19 bits per heavy atom. The van der Waals surface area contributed by atoms with Gasteiger partial charge in [0.05, 0.1) is 18.8 Å². The maximum absolute atomic E-state index is 14.6. The van der Waals surface area contributed by atoms with Gasteiger partial charge in [0.25, 0.3) is 0 Å². The molecule has 8 heteroatoms. The fraction of sp³-hybridized carbons (Fsp3) is 0.529. The van der Waals surface area contributed by atoms with Crippen LogP contribution in [0.25, 0.3) is 0 Å². The molecule has 1 heterocycles. The van der Waals surface area contributed by atoms with Gasteiger partial charge >= 0.3 is 0 Å². The highest BCUT2D eigenvalue weighted by Gasteiger charge is 2.27. The monoisotopic (exact) mass is 579 g/mol. The number of nitrogens with zero attached hydrogens (tertiary/aromatic N) is 1. The summed E-state index contributed by atoms with van der Waals surface area (Å²) >= 11 is 0. The molecule has 3 atom stereocenters. The summed E-state index contributed by atoms with van der Waals surface area (Å²) in [7, 11) is 0. The fourth-order valence-electron chi connectivity index (χ4n) is 5.28. The molecule has 2 aromatic carbocycles. The molecule has 3 rings (SSSR count). The second kappa shape index (κ2) is 17.5. The fourth-order valence-corrected chi connectivity index (χ4v) is 5.28. The van der Waals surface area contributed by atoms with Crippen LogP contribution in [0, 0.1) is 24.1 Å². The molecular weight excluding hydrogens is 533 g/mol. The van der Waals surface area contributed by atoms with Gasteiger partial charge in [0.15, 0.2) is 0 Å². The predicted molar refractivity (Wildman–Crippen MR) is 163 cm³/mol. The number of benzene rings is 2. The minimum absolute atomic E-state index is 0.00133. The number of rotatable bonds is 9. The Morgan fingerprint density at radius 3 is 2.76 bits per heavy atom. The van der Waals surface area contributed by atoms with Crippen LogP contribution in [0.15, 0.2) is 42.5 Å². The van der Waals surface area contributed by atoms with E-state index >= 15 is 0 Å². The Balaban J connectivity index is 1.81. The van der Waals surface area contributed by atoms with Crippen molar-refractivity contribution < 1.29 is 23.8 Å². The van der Waals surface area contributed by atoms with Crippen molar-refractivity contribution in [3.63, 3.8) is 0 Å². The quantitative estimate of drug-likeness (QED) is 0.384. The topological polar surface area (TPSA) is 90.9 Å². The van der Waals surface area contributed by atoms with E-state index in [1.807, 2.05) is 24.0 Å². The van der Waals surface area contributed by atoms with Crippen LogP contribution in [0.3, 0.4) is 0 Å². The van der Waals surface area contributed by atoms with Gasteiger partial charge in [-0.2, -0.15) is 0 Å². The van der Waals surface area contributed by atoms with Gasteiger partial charge in [-0.05, 0) is 67.3 Å². The van der Waals surface area contributed by atoms with Crippen molar-refractivity contribution in [2.75, 3.05) is 26.2 Å². The molecular formula is C34H46FN3O4. The number of carbonyl (C=O) groups excluding carboxylic acids is 2. The Kier molecular flexibility index (Phi) is 13.8. The van der Waals surface area contributed by atoms with Crippen molar-refractivity contribution in [2.24, 2.45) is 5.92 Å². The molecule has 0 saturated carbocycles. The normalized spacial score (nSPS) is 19.7. The molecule has 2 aromatic rings. The summed E-state index contributed by atoms with van der Waals surface area (Å²) in [4.78, 5) is 28.3. The number of amides is 2. The van der Waals surface area contributed by atoms with Crippen LogP contribution >= 0.6 is 0 Å². The van der Waals surface area contributed by atoms with Crippen LogP contribution in [0.2, 0.25) is 0 Å². The number of ether oxygens (including phenoxy) is 1. The van der Waals surface area contributed by atoms with Gasteiger partial charge in [-0.3, -0.25) is 9.59 Å². The second-order valence-corrected chi connectivity index (χ2v) is 11.1. The lowest BCUT2D eigenvalue weighted by atomic mass is 9.95. The van der Waals surface area contributed by atoms with E-state index in [-0.39, 0.29) is 37.6 Å². The summed E-state index contributed by atoms with van der Waals surface area (Å²) in [6, 6.07) is 12.0. The summed E-state index contributed by atoms with van der Waals surface area (Å²) in [5, 5.41) is 17.5. The van der Waals surface area contributed by atoms with Gasteiger partial charge in [0.1, 0.15) is 11.6 Å². The molecule has 0 fully saturated rings. The number of hydrogen-bond donors (Lipinski definition) is 3. The number of hydrogen-bond acceptors (Lipinski definition) is 5. The number of carbonyl (C=O) groups is 2. The third-order valence-corrected chi connectivity index (χ3v) is 7.64. The summed E-state index contributed by atoms with van der Waals surface area (Å²) < 4.78 is 20.4. The standard InChI is InChI=1S/C34H46FN3O4/c1-4-10-28-13-14-33(40)38(15-5-2)16-7-8-17-42-30-20-27(19-29(35)22-30)21-31(37-34(28)41)32(39)24-36-23-26-12-9-11-25(6-3)18-26/h1,9,11-12,18-20,22,28,31-32,36,39H,5-8,10,13-17,21,23-24H2,2-3H3,(H,37,41). The number of aliphatic hydroxyl groups excluding tert-OH is 1. The van der Waals surface area contributed by atoms with Crippen LogP contribution in [-0.2, 0) is 29.0 Å². The number of nitrogens with one attached hydrogen (secondary N) is 2.